The van der Waals surface area contributed by atoms with Crippen molar-refractivity contribution in [2.75, 3.05) is 0 Å². The number of nitrogens with zero attached hydrogens (tertiary/aromatic N) is 3. The highest BCUT2D eigenvalue weighted by atomic mass is 15.4. The highest BCUT2D eigenvalue weighted by Gasteiger charge is 2.37. The molecule has 0 saturated heterocycles. The number of hydrogen-bond acceptors (Lipinski definition) is 3. The van der Waals surface area contributed by atoms with E-state index in [0.29, 0.717) is 5.92 Å². The van der Waals surface area contributed by atoms with Gasteiger partial charge in [-0.05, 0) is 18.3 Å². The van der Waals surface area contributed by atoms with Gasteiger partial charge in [0.15, 0.2) is 0 Å². The highest BCUT2D eigenvalue weighted by molar-refractivity contribution is 5.00. The Labute approximate surface area is 78.1 Å². The first-order chi connectivity index (χ1) is 6.16. The van der Waals surface area contributed by atoms with E-state index in [4.69, 9.17) is 5.73 Å². The Morgan fingerprint density at radius 3 is 2.92 bits per heavy atom. The first-order valence-corrected chi connectivity index (χ1v) is 4.77. The Hall–Kier alpha value is -0.900. The van der Waals surface area contributed by atoms with Crippen LogP contribution in [0.25, 0.3) is 0 Å². The van der Waals surface area contributed by atoms with Crippen molar-refractivity contribution in [2.24, 2.45) is 24.6 Å². The Morgan fingerprint density at radius 1 is 1.77 bits per heavy atom. The van der Waals surface area contributed by atoms with Crippen molar-refractivity contribution in [3.8, 4) is 0 Å². The topological polar surface area (TPSA) is 56.7 Å². The second-order valence-corrected chi connectivity index (χ2v) is 4.13. The van der Waals surface area contributed by atoms with Crippen LogP contribution >= 0.6 is 0 Å². The summed E-state index contributed by atoms with van der Waals surface area (Å²) >= 11 is 0. The van der Waals surface area contributed by atoms with Crippen molar-refractivity contribution in [2.45, 2.75) is 25.8 Å². The van der Waals surface area contributed by atoms with Crippen molar-refractivity contribution in [3.05, 3.63) is 11.9 Å². The van der Waals surface area contributed by atoms with Gasteiger partial charge >= 0.3 is 0 Å². The minimum atomic E-state index is 0.270. The van der Waals surface area contributed by atoms with E-state index in [1.54, 1.807) is 4.68 Å². The molecule has 4 nitrogen and oxygen atoms in total. The van der Waals surface area contributed by atoms with Crippen LogP contribution in [0, 0.1) is 11.8 Å². The number of aryl methyl sites for hydroxylation is 1. The highest BCUT2D eigenvalue weighted by Crippen LogP contribution is 2.40. The fraction of sp³-hybridized carbons (Fsp3) is 0.778. The third-order valence-corrected chi connectivity index (χ3v) is 2.82. The van der Waals surface area contributed by atoms with E-state index in [2.05, 4.69) is 17.2 Å². The fourth-order valence-electron chi connectivity index (χ4n) is 1.83. The molecule has 1 aliphatic rings. The molecule has 4 heteroatoms. The van der Waals surface area contributed by atoms with Gasteiger partial charge in [0.2, 0.25) is 0 Å². The normalized spacial score (nSPS) is 28.8. The fourth-order valence-corrected chi connectivity index (χ4v) is 1.83. The third kappa shape index (κ3) is 1.88. The van der Waals surface area contributed by atoms with Gasteiger partial charge in [-0.2, -0.15) is 0 Å². The summed E-state index contributed by atoms with van der Waals surface area (Å²) in [6.45, 7) is 2.25. The van der Waals surface area contributed by atoms with Crippen LogP contribution in [0.1, 0.15) is 19.0 Å². The standard InChI is InChI=1S/C9H16N4/c1-6-3-8(6)9(10)4-7-5-13(2)12-11-7/h5-6,8-9H,3-4,10H2,1-2H3. The lowest BCUT2D eigenvalue weighted by Gasteiger charge is -2.07. The van der Waals surface area contributed by atoms with Gasteiger partial charge in [-0.15, -0.1) is 5.10 Å². The Balaban J connectivity index is 1.91. The molecule has 0 amide bonds. The molecular weight excluding hydrogens is 164 g/mol. The molecule has 72 valence electrons. The molecule has 1 aromatic rings. The van der Waals surface area contributed by atoms with Crippen LogP contribution in [0.5, 0.6) is 0 Å². The summed E-state index contributed by atoms with van der Waals surface area (Å²) in [6, 6.07) is 0.270. The molecule has 0 aliphatic heterocycles. The Bertz CT molecular complexity index is 294. The summed E-state index contributed by atoms with van der Waals surface area (Å²) in [5.74, 6) is 1.52. The largest absolute Gasteiger partial charge is 0.327 e. The van der Waals surface area contributed by atoms with E-state index in [0.717, 1.165) is 18.0 Å². The smallest absolute Gasteiger partial charge is 0.0842 e. The third-order valence-electron chi connectivity index (χ3n) is 2.82. The van der Waals surface area contributed by atoms with Crippen LogP contribution in [0.4, 0.5) is 0 Å². The minimum Gasteiger partial charge on any atom is -0.327 e. The number of rotatable bonds is 3. The van der Waals surface area contributed by atoms with Crippen molar-refractivity contribution < 1.29 is 0 Å². The van der Waals surface area contributed by atoms with Crippen LogP contribution in [-0.4, -0.2) is 21.0 Å². The summed E-state index contributed by atoms with van der Waals surface area (Å²) in [4.78, 5) is 0. The van der Waals surface area contributed by atoms with E-state index in [-0.39, 0.29) is 6.04 Å². The number of aromatic nitrogens is 3. The maximum Gasteiger partial charge on any atom is 0.0842 e. The Morgan fingerprint density at radius 2 is 2.46 bits per heavy atom. The zero-order valence-corrected chi connectivity index (χ0v) is 8.14. The lowest BCUT2D eigenvalue weighted by atomic mass is 10.1. The van der Waals surface area contributed by atoms with Crippen LogP contribution in [0.3, 0.4) is 0 Å². The van der Waals surface area contributed by atoms with E-state index in [1.165, 1.54) is 6.42 Å². The van der Waals surface area contributed by atoms with Gasteiger partial charge in [-0.1, -0.05) is 12.1 Å². The molecule has 1 aliphatic carbocycles. The summed E-state index contributed by atoms with van der Waals surface area (Å²) < 4.78 is 1.72. The maximum absolute atomic E-state index is 6.03. The van der Waals surface area contributed by atoms with E-state index >= 15 is 0 Å². The zero-order chi connectivity index (χ0) is 9.42. The summed E-state index contributed by atoms with van der Waals surface area (Å²) in [5.41, 5.74) is 7.04. The SMILES string of the molecule is CC1CC1C(N)Cc1cn(C)nn1. The lowest BCUT2D eigenvalue weighted by Crippen LogP contribution is -2.26. The molecular formula is C9H16N4. The predicted octanol–water partition coefficient (Wildman–Crippen LogP) is 0.341. The first kappa shape index (κ1) is 8.69. The molecule has 3 unspecified atom stereocenters. The van der Waals surface area contributed by atoms with E-state index in [1.807, 2.05) is 13.2 Å². The van der Waals surface area contributed by atoms with Gasteiger partial charge < -0.3 is 5.73 Å². The van der Waals surface area contributed by atoms with E-state index < -0.39 is 0 Å². The monoisotopic (exact) mass is 180 g/mol. The second kappa shape index (κ2) is 3.10. The summed E-state index contributed by atoms with van der Waals surface area (Å²) in [5, 5.41) is 7.90. The van der Waals surface area contributed by atoms with Crippen molar-refractivity contribution in [1.29, 1.82) is 0 Å². The van der Waals surface area contributed by atoms with Gasteiger partial charge in [0.1, 0.15) is 0 Å². The zero-order valence-electron chi connectivity index (χ0n) is 8.14. The van der Waals surface area contributed by atoms with Gasteiger partial charge in [-0.3, -0.25) is 4.68 Å². The first-order valence-electron chi connectivity index (χ1n) is 4.77. The van der Waals surface area contributed by atoms with Crippen molar-refractivity contribution >= 4 is 0 Å². The van der Waals surface area contributed by atoms with Gasteiger partial charge in [0.05, 0.1) is 5.69 Å². The average molecular weight is 180 g/mol. The number of hydrogen-bond donors (Lipinski definition) is 1. The average Bonchev–Trinajstić information content (AvgIpc) is 2.66. The predicted molar refractivity (Wildman–Crippen MR) is 50.0 cm³/mol. The van der Waals surface area contributed by atoms with Gasteiger partial charge in [0, 0.05) is 25.7 Å². The van der Waals surface area contributed by atoms with Crippen molar-refractivity contribution in [1.82, 2.24) is 15.0 Å². The molecule has 0 bridgehead atoms. The molecule has 0 aromatic carbocycles. The van der Waals surface area contributed by atoms with Crippen LogP contribution in [0.15, 0.2) is 6.20 Å². The molecule has 0 spiro atoms. The molecule has 1 saturated carbocycles. The van der Waals surface area contributed by atoms with Crippen molar-refractivity contribution in [3.63, 3.8) is 0 Å². The molecule has 3 atom stereocenters. The maximum atomic E-state index is 6.03. The number of nitrogens with two attached hydrogens (primary N) is 1. The molecule has 1 fully saturated rings. The molecule has 13 heavy (non-hydrogen) atoms. The minimum absolute atomic E-state index is 0.270. The van der Waals surface area contributed by atoms with Crippen LogP contribution < -0.4 is 5.73 Å². The lowest BCUT2D eigenvalue weighted by molar-refractivity contribution is 0.553. The summed E-state index contributed by atoms with van der Waals surface area (Å²) in [7, 11) is 1.88. The molecule has 2 N–H and O–H groups in total. The quantitative estimate of drug-likeness (QED) is 0.729. The van der Waals surface area contributed by atoms with Crippen LogP contribution in [0.2, 0.25) is 0 Å². The Kier molecular flexibility index (Phi) is 2.07. The van der Waals surface area contributed by atoms with E-state index in [9.17, 15) is 0 Å². The molecule has 0 radical (unpaired) electrons. The molecule has 1 heterocycles. The second-order valence-electron chi connectivity index (χ2n) is 4.13. The van der Waals surface area contributed by atoms with Gasteiger partial charge in [0.25, 0.3) is 0 Å². The summed E-state index contributed by atoms with van der Waals surface area (Å²) in [6.07, 6.45) is 4.08. The molecule has 2 rings (SSSR count). The molecule has 1 aromatic heterocycles. The van der Waals surface area contributed by atoms with Crippen LogP contribution in [-0.2, 0) is 13.5 Å². The van der Waals surface area contributed by atoms with Gasteiger partial charge in [-0.25, -0.2) is 0 Å².